The molecule has 2 heterocycles. The molecular formula is C24H28N4O5. The van der Waals surface area contributed by atoms with E-state index < -0.39 is 16.9 Å². The van der Waals surface area contributed by atoms with Crippen molar-refractivity contribution in [1.29, 1.82) is 0 Å². The average Bonchev–Trinajstić information content (AvgIpc) is 2.82. The summed E-state index contributed by atoms with van der Waals surface area (Å²) in [5.41, 5.74) is 2.27. The van der Waals surface area contributed by atoms with Gasteiger partial charge in [-0.3, -0.25) is 19.7 Å². The molecule has 2 amide bonds. The number of carbonyl (C=O) groups is 2. The zero-order valence-corrected chi connectivity index (χ0v) is 18.9. The van der Waals surface area contributed by atoms with Crippen LogP contribution in [0.25, 0.3) is 0 Å². The second kappa shape index (κ2) is 9.48. The number of hydrogen-bond acceptors (Lipinski definition) is 6. The van der Waals surface area contributed by atoms with Gasteiger partial charge in [0.15, 0.2) is 6.10 Å². The molecule has 174 valence electrons. The molecule has 2 aromatic rings. The summed E-state index contributed by atoms with van der Waals surface area (Å²) in [6, 6.07) is 10.4. The molecule has 9 heteroatoms. The molecule has 0 bridgehead atoms. The van der Waals surface area contributed by atoms with Crippen LogP contribution in [0.5, 0.6) is 5.75 Å². The minimum absolute atomic E-state index is 0.0608. The molecule has 2 aliphatic rings. The third-order valence-corrected chi connectivity index (χ3v) is 6.31. The van der Waals surface area contributed by atoms with Crippen molar-refractivity contribution in [2.45, 2.75) is 39.2 Å². The first-order valence-electron chi connectivity index (χ1n) is 11.2. The van der Waals surface area contributed by atoms with Crippen molar-refractivity contribution in [2.75, 3.05) is 36.4 Å². The summed E-state index contributed by atoms with van der Waals surface area (Å²) in [6.45, 7) is 5.19. The number of nitro groups is 1. The van der Waals surface area contributed by atoms with Crippen LogP contribution in [0.4, 0.5) is 17.1 Å². The van der Waals surface area contributed by atoms with Gasteiger partial charge in [0.1, 0.15) is 11.4 Å². The van der Waals surface area contributed by atoms with E-state index >= 15 is 0 Å². The fraction of sp³-hybridized carbons (Fsp3) is 0.417. The second-order valence-corrected chi connectivity index (χ2v) is 8.55. The number of aryl methyl sites for hydroxylation is 1. The third kappa shape index (κ3) is 4.76. The SMILES string of the molecule is Cc1ccc([N+](=O)[O-])c(NC(=O)CN2C[C@H](C(=O)N3CCCCC3)Oc3ccccc32)c1C. The number of anilines is 2. The Balaban J connectivity index is 1.54. The van der Waals surface area contributed by atoms with E-state index in [2.05, 4.69) is 5.32 Å². The summed E-state index contributed by atoms with van der Waals surface area (Å²) < 4.78 is 6.01. The van der Waals surface area contributed by atoms with Crippen molar-refractivity contribution in [3.63, 3.8) is 0 Å². The Bertz CT molecular complexity index is 1080. The molecule has 33 heavy (non-hydrogen) atoms. The summed E-state index contributed by atoms with van der Waals surface area (Å²) in [5, 5.41) is 14.2. The molecule has 1 fully saturated rings. The quantitative estimate of drug-likeness (QED) is 0.550. The van der Waals surface area contributed by atoms with E-state index in [9.17, 15) is 19.7 Å². The van der Waals surface area contributed by atoms with E-state index in [4.69, 9.17) is 4.74 Å². The third-order valence-electron chi connectivity index (χ3n) is 6.31. The average molecular weight is 453 g/mol. The minimum atomic E-state index is -0.708. The maximum absolute atomic E-state index is 13.1. The topological polar surface area (TPSA) is 105 Å². The van der Waals surface area contributed by atoms with Crippen molar-refractivity contribution in [1.82, 2.24) is 4.90 Å². The Morgan fingerprint density at radius 1 is 1.12 bits per heavy atom. The van der Waals surface area contributed by atoms with Crippen molar-refractivity contribution >= 4 is 28.9 Å². The first-order valence-corrected chi connectivity index (χ1v) is 11.2. The van der Waals surface area contributed by atoms with Gasteiger partial charge in [-0.05, 0) is 56.4 Å². The highest BCUT2D eigenvalue weighted by molar-refractivity contribution is 5.97. The second-order valence-electron chi connectivity index (χ2n) is 8.55. The van der Waals surface area contributed by atoms with Crippen LogP contribution in [-0.2, 0) is 9.59 Å². The lowest BCUT2D eigenvalue weighted by Gasteiger charge is -2.38. The van der Waals surface area contributed by atoms with E-state index in [1.165, 1.54) is 6.07 Å². The molecule has 0 spiro atoms. The summed E-state index contributed by atoms with van der Waals surface area (Å²) in [4.78, 5) is 40.7. The van der Waals surface area contributed by atoms with Gasteiger partial charge in [0.25, 0.3) is 11.6 Å². The molecule has 4 rings (SSSR count). The van der Waals surface area contributed by atoms with Gasteiger partial charge in [0, 0.05) is 19.2 Å². The number of nitrogens with one attached hydrogen (secondary N) is 1. The minimum Gasteiger partial charge on any atom is -0.477 e. The van der Waals surface area contributed by atoms with Gasteiger partial charge >= 0.3 is 0 Å². The predicted molar refractivity (Wildman–Crippen MR) is 125 cm³/mol. The molecule has 0 unspecified atom stereocenters. The highest BCUT2D eigenvalue weighted by Crippen LogP contribution is 2.34. The number of likely N-dealkylation sites (tertiary alicyclic amines) is 1. The fourth-order valence-electron chi connectivity index (χ4n) is 4.37. The van der Waals surface area contributed by atoms with Crippen LogP contribution < -0.4 is 15.0 Å². The molecule has 2 aromatic carbocycles. The van der Waals surface area contributed by atoms with Crippen molar-refractivity contribution in [3.8, 4) is 5.75 Å². The van der Waals surface area contributed by atoms with Crippen LogP contribution >= 0.6 is 0 Å². The first kappa shape index (κ1) is 22.6. The Kier molecular flexibility index (Phi) is 6.48. The maximum atomic E-state index is 13.1. The number of fused-ring (bicyclic) bond motifs is 1. The zero-order valence-electron chi connectivity index (χ0n) is 18.9. The number of piperidine rings is 1. The predicted octanol–water partition coefficient (Wildman–Crippen LogP) is 3.43. The van der Waals surface area contributed by atoms with E-state index in [1.807, 2.05) is 30.0 Å². The largest absolute Gasteiger partial charge is 0.477 e. The van der Waals surface area contributed by atoms with Gasteiger partial charge in [-0.1, -0.05) is 18.2 Å². The Labute approximate surface area is 192 Å². The number of nitrogens with zero attached hydrogens (tertiary/aromatic N) is 3. The van der Waals surface area contributed by atoms with Gasteiger partial charge in [-0.15, -0.1) is 0 Å². The summed E-state index contributed by atoms with van der Waals surface area (Å²) in [5.74, 6) is 0.0806. The van der Waals surface area contributed by atoms with Gasteiger partial charge in [0.2, 0.25) is 5.91 Å². The molecule has 2 aliphatic heterocycles. The number of nitro benzene ring substituents is 1. The van der Waals surface area contributed by atoms with Gasteiger partial charge in [-0.25, -0.2) is 0 Å². The molecule has 1 atom stereocenters. The van der Waals surface area contributed by atoms with Gasteiger partial charge in [-0.2, -0.15) is 0 Å². The van der Waals surface area contributed by atoms with Crippen LogP contribution in [0.1, 0.15) is 30.4 Å². The number of carbonyl (C=O) groups excluding carboxylic acids is 2. The summed E-state index contributed by atoms with van der Waals surface area (Å²) >= 11 is 0. The standard InChI is InChI=1S/C24H28N4O5/c1-16-10-11-19(28(31)32)23(17(16)2)25-22(29)15-27-14-21(24(30)26-12-6-3-7-13-26)33-20-9-5-4-8-18(20)27/h4-5,8-11,21H,3,6-7,12-15H2,1-2H3,(H,25,29)/t21-/m1/s1. The smallest absolute Gasteiger partial charge is 0.293 e. The molecule has 0 aliphatic carbocycles. The summed E-state index contributed by atoms with van der Waals surface area (Å²) in [6.07, 6.45) is 2.38. The number of hydrogen-bond donors (Lipinski definition) is 1. The molecular weight excluding hydrogens is 424 g/mol. The monoisotopic (exact) mass is 452 g/mol. The number of ether oxygens (including phenoxy) is 1. The Morgan fingerprint density at radius 3 is 2.58 bits per heavy atom. The van der Waals surface area contributed by atoms with E-state index in [0.29, 0.717) is 17.0 Å². The lowest BCUT2D eigenvalue weighted by molar-refractivity contribution is -0.384. The Hall–Kier alpha value is -3.62. The van der Waals surface area contributed by atoms with E-state index in [1.54, 1.807) is 24.0 Å². The number of para-hydroxylation sites is 2. The van der Waals surface area contributed by atoms with Crippen molar-refractivity contribution in [2.24, 2.45) is 0 Å². The molecule has 9 nitrogen and oxygen atoms in total. The lowest BCUT2D eigenvalue weighted by atomic mass is 10.1. The van der Waals surface area contributed by atoms with Crippen molar-refractivity contribution < 1.29 is 19.2 Å². The molecule has 0 radical (unpaired) electrons. The van der Waals surface area contributed by atoms with Crippen LogP contribution in [0.2, 0.25) is 0 Å². The molecule has 1 saturated heterocycles. The number of amides is 2. The zero-order chi connectivity index (χ0) is 23.5. The van der Waals surface area contributed by atoms with Crippen molar-refractivity contribution in [3.05, 3.63) is 57.6 Å². The van der Waals surface area contributed by atoms with Crippen LogP contribution in [0, 0.1) is 24.0 Å². The molecule has 0 aromatic heterocycles. The van der Waals surface area contributed by atoms with Gasteiger partial charge < -0.3 is 19.9 Å². The van der Waals surface area contributed by atoms with Gasteiger partial charge in [0.05, 0.1) is 23.7 Å². The van der Waals surface area contributed by atoms with E-state index in [-0.39, 0.29) is 30.4 Å². The number of rotatable bonds is 5. The first-order chi connectivity index (χ1) is 15.8. The fourth-order valence-corrected chi connectivity index (χ4v) is 4.37. The van der Waals surface area contributed by atoms with Crippen LogP contribution in [0.3, 0.4) is 0 Å². The molecule has 1 N–H and O–H groups in total. The summed E-state index contributed by atoms with van der Waals surface area (Å²) in [7, 11) is 0. The molecule has 0 saturated carbocycles. The Morgan fingerprint density at radius 2 is 1.85 bits per heavy atom. The van der Waals surface area contributed by atoms with Crippen LogP contribution in [0.15, 0.2) is 36.4 Å². The number of benzene rings is 2. The highest BCUT2D eigenvalue weighted by atomic mass is 16.6. The normalized spacial score (nSPS) is 17.7. The maximum Gasteiger partial charge on any atom is 0.293 e. The van der Waals surface area contributed by atoms with E-state index in [0.717, 1.165) is 37.9 Å². The lowest BCUT2D eigenvalue weighted by Crippen LogP contribution is -2.52. The van der Waals surface area contributed by atoms with Crippen LogP contribution in [-0.4, -0.2) is 53.9 Å². The highest BCUT2D eigenvalue weighted by Gasteiger charge is 2.34.